The smallest absolute Gasteiger partial charge is 0.246 e. The minimum absolute atomic E-state index is 0.0546. The topological polar surface area (TPSA) is 92.3 Å². The van der Waals surface area contributed by atoms with Gasteiger partial charge in [-0.05, 0) is 12.1 Å². The number of nitrogens with zero attached hydrogens (tertiary/aromatic N) is 3. The third kappa shape index (κ3) is 5.71. The Morgan fingerprint density at radius 3 is 2.65 bits per heavy atom. The van der Waals surface area contributed by atoms with Crippen LogP contribution in [0.2, 0.25) is 10.0 Å². The van der Waals surface area contributed by atoms with Gasteiger partial charge < -0.3 is 0 Å². The van der Waals surface area contributed by atoms with Crippen molar-refractivity contribution in [3.63, 3.8) is 0 Å². The van der Waals surface area contributed by atoms with Crippen LogP contribution in [-0.2, 0) is 14.8 Å². The molecule has 1 N–H and O–H groups in total. The van der Waals surface area contributed by atoms with Crippen LogP contribution in [0, 0.1) is 0 Å². The van der Waals surface area contributed by atoms with E-state index in [1.165, 1.54) is 35.2 Å². The van der Waals surface area contributed by atoms with E-state index < -0.39 is 22.5 Å². The lowest BCUT2D eigenvalue weighted by atomic mass is 10.3. The zero-order valence-electron chi connectivity index (χ0n) is 14.1. The number of carbonyl (C=O) groups excluding carboxylic acids is 1. The molecule has 26 heavy (non-hydrogen) atoms. The molecule has 1 heterocycles. The van der Waals surface area contributed by atoms with Crippen LogP contribution in [0.3, 0.4) is 0 Å². The molecule has 2 rings (SSSR count). The van der Waals surface area contributed by atoms with E-state index in [4.69, 9.17) is 23.2 Å². The van der Waals surface area contributed by atoms with Crippen molar-refractivity contribution < 1.29 is 13.2 Å². The van der Waals surface area contributed by atoms with Crippen molar-refractivity contribution in [1.82, 2.24) is 10.2 Å². The fourth-order valence-electron chi connectivity index (χ4n) is 1.86. The lowest BCUT2D eigenvalue weighted by molar-refractivity contribution is -0.114. The van der Waals surface area contributed by atoms with Gasteiger partial charge in [-0.25, -0.2) is 8.42 Å². The summed E-state index contributed by atoms with van der Waals surface area (Å²) in [5.74, 6) is -0.566. The molecule has 0 bridgehead atoms. The summed E-state index contributed by atoms with van der Waals surface area (Å²) in [6.07, 6.45) is 0.986. The fourth-order valence-corrected chi connectivity index (χ4v) is 5.17. The van der Waals surface area contributed by atoms with Crippen molar-refractivity contribution >= 4 is 73.0 Å². The first-order valence-electron chi connectivity index (χ1n) is 7.29. The number of hydrogen-bond acceptors (Lipinski definition) is 7. The number of thioether (sulfide) groups is 1. The van der Waals surface area contributed by atoms with Gasteiger partial charge in [0.2, 0.25) is 21.1 Å². The number of amides is 1. The van der Waals surface area contributed by atoms with Crippen LogP contribution >= 0.6 is 46.3 Å². The lowest BCUT2D eigenvalue weighted by Gasteiger charge is -2.22. The molecule has 0 aliphatic heterocycles. The van der Waals surface area contributed by atoms with Crippen molar-refractivity contribution in [3.05, 3.63) is 28.2 Å². The van der Waals surface area contributed by atoms with Crippen molar-refractivity contribution in [2.24, 2.45) is 0 Å². The summed E-state index contributed by atoms with van der Waals surface area (Å²) in [5, 5.41) is 11.3. The second kappa shape index (κ2) is 8.75. The van der Waals surface area contributed by atoms with Crippen molar-refractivity contribution in [1.29, 1.82) is 0 Å². The van der Waals surface area contributed by atoms with E-state index in [0.717, 1.165) is 10.6 Å². The molecule has 1 amide bonds. The summed E-state index contributed by atoms with van der Waals surface area (Å²) in [6, 6.07) is 4.56. The van der Waals surface area contributed by atoms with Crippen LogP contribution in [0.25, 0.3) is 0 Å². The van der Waals surface area contributed by atoms with Crippen molar-refractivity contribution in [2.45, 2.75) is 23.4 Å². The van der Waals surface area contributed by atoms with Crippen LogP contribution in [-0.4, -0.2) is 42.6 Å². The average molecular weight is 455 g/mol. The summed E-state index contributed by atoms with van der Waals surface area (Å²) < 4.78 is 25.9. The van der Waals surface area contributed by atoms with Gasteiger partial charge in [-0.1, -0.05) is 66.2 Å². The highest BCUT2D eigenvalue weighted by molar-refractivity contribution is 8.01. The number of sulfonamides is 1. The highest BCUT2D eigenvalue weighted by atomic mass is 35.5. The number of rotatable bonds is 7. The van der Waals surface area contributed by atoms with Crippen LogP contribution in [0.5, 0.6) is 0 Å². The maximum Gasteiger partial charge on any atom is 0.246 e. The third-order valence-corrected chi connectivity index (χ3v) is 6.74. The molecule has 0 aliphatic carbocycles. The van der Waals surface area contributed by atoms with Gasteiger partial charge in [0.25, 0.3) is 0 Å². The Hall–Kier alpha value is -1.07. The zero-order valence-corrected chi connectivity index (χ0v) is 18.0. The molecule has 0 spiro atoms. The summed E-state index contributed by atoms with van der Waals surface area (Å²) in [6.45, 7) is 3.57. The number of aromatic nitrogens is 2. The van der Waals surface area contributed by atoms with E-state index in [1.54, 1.807) is 6.07 Å². The molecule has 0 aliphatic rings. The largest absolute Gasteiger partial charge is 0.299 e. The first-order chi connectivity index (χ1) is 12.1. The van der Waals surface area contributed by atoms with Crippen LogP contribution in [0.1, 0.15) is 13.8 Å². The molecule has 0 saturated carbocycles. The molecule has 0 atom stereocenters. The SMILES string of the molecule is CC(C)Sc1nnc(NC(=O)CN(c2cccc(Cl)c2Cl)S(C)(=O)=O)s1. The number of benzene rings is 1. The first-order valence-corrected chi connectivity index (χ1v) is 11.6. The predicted octanol–water partition coefficient (Wildman–Crippen LogP) is 3.75. The molecular weight excluding hydrogens is 439 g/mol. The van der Waals surface area contributed by atoms with E-state index in [0.29, 0.717) is 14.7 Å². The Labute approximate surface area is 170 Å². The predicted molar refractivity (Wildman–Crippen MR) is 108 cm³/mol. The maximum atomic E-state index is 12.3. The molecule has 0 fully saturated rings. The van der Waals surface area contributed by atoms with Gasteiger partial charge in [0.05, 0.1) is 22.0 Å². The molecular formula is C14H16Cl2N4O3S3. The van der Waals surface area contributed by atoms with E-state index in [2.05, 4.69) is 15.5 Å². The Bertz CT molecular complexity index is 903. The standard InChI is InChI=1S/C14H16Cl2N4O3S3/c1-8(2)24-14-19-18-13(25-14)17-11(21)7-20(26(3,22)23)10-6-4-5-9(15)12(10)16/h4-6,8H,7H2,1-3H3,(H,17,18,21). The van der Waals surface area contributed by atoms with Gasteiger partial charge in [-0.3, -0.25) is 14.4 Å². The van der Waals surface area contributed by atoms with Gasteiger partial charge in [-0.15, -0.1) is 10.2 Å². The Morgan fingerprint density at radius 2 is 2.04 bits per heavy atom. The third-order valence-electron chi connectivity index (χ3n) is 2.88. The second-order valence-corrected chi connectivity index (χ2v) is 10.9. The van der Waals surface area contributed by atoms with E-state index >= 15 is 0 Å². The normalized spacial score (nSPS) is 11.6. The summed E-state index contributed by atoms with van der Waals surface area (Å²) >= 11 is 14.8. The van der Waals surface area contributed by atoms with Gasteiger partial charge in [0.1, 0.15) is 6.54 Å². The molecule has 1 aromatic heterocycles. The van der Waals surface area contributed by atoms with Crippen molar-refractivity contribution in [2.75, 3.05) is 22.4 Å². The van der Waals surface area contributed by atoms with Gasteiger partial charge in [0, 0.05) is 5.25 Å². The van der Waals surface area contributed by atoms with Crippen molar-refractivity contribution in [3.8, 4) is 0 Å². The highest BCUT2D eigenvalue weighted by Crippen LogP contribution is 2.34. The number of anilines is 2. The summed E-state index contributed by atoms with van der Waals surface area (Å²) in [7, 11) is -3.76. The highest BCUT2D eigenvalue weighted by Gasteiger charge is 2.24. The fraction of sp³-hybridized carbons (Fsp3) is 0.357. The molecule has 1 aromatic carbocycles. The van der Waals surface area contributed by atoms with E-state index in [1.807, 2.05) is 13.8 Å². The Morgan fingerprint density at radius 1 is 1.35 bits per heavy atom. The van der Waals surface area contributed by atoms with E-state index in [9.17, 15) is 13.2 Å². The first kappa shape index (κ1) is 21.2. The van der Waals surface area contributed by atoms with Crippen LogP contribution < -0.4 is 9.62 Å². The molecule has 12 heteroatoms. The van der Waals surface area contributed by atoms with Crippen LogP contribution in [0.4, 0.5) is 10.8 Å². The quantitative estimate of drug-likeness (QED) is 0.505. The number of nitrogens with one attached hydrogen (secondary N) is 1. The monoisotopic (exact) mass is 454 g/mol. The lowest BCUT2D eigenvalue weighted by Crippen LogP contribution is -2.37. The molecule has 0 radical (unpaired) electrons. The van der Waals surface area contributed by atoms with Crippen LogP contribution in [0.15, 0.2) is 22.5 Å². The second-order valence-electron chi connectivity index (χ2n) is 5.43. The summed E-state index contributed by atoms with van der Waals surface area (Å²) in [5.41, 5.74) is 0.130. The number of carbonyl (C=O) groups is 1. The Balaban J connectivity index is 2.17. The average Bonchev–Trinajstić information content (AvgIpc) is 2.93. The molecule has 142 valence electrons. The summed E-state index contributed by atoms with van der Waals surface area (Å²) in [4.78, 5) is 12.3. The minimum Gasteiger partial charge on any atom is -0.299 e. The minimum atomic E-state index is -3.76. The van der Waals surface area contributed by atoms with Gasteiger partial charge in [0.15, 0.2) is 4.34 Å². The zero-order chi connectivity index (χ0) is 19.5. The van der Waals surface area contributed by atoms with Gasteiger partial charge >= 0.3 is 0 Å². The molecule has 7 nitrogen and oxygen atoms in total. The maximum absolute atomic E-state index is 12.3. The number of hydrogen-bond donors (Lipinski definition) is 1. The Kier molecular flexibility index (Phi) is 7.14. The number of halogens is 2. The van der Waals surface area contributed by atoms with Gasteiger partial charge in [-0.2, -0.15) is 0 Å². The molecule has 2 aromatic rings. The molecule has 0 saturated heterocycles. The molecule has 0 unspecified atom stereocenters. The van der Waals surface area contributed by atoms with E-state index in [-0.39, 0.29) is 15.7 Å².